The first kappa shape index (κ1) is 18.1. The number of halogens is 1. The molecule has 2 amide bonds. The summed E-state index contributed by atoms with van der Waals surface area (Å²) in [4.78, 5) is 26.7. The maximum absolute atomic E-state index is 13.9. The topological polar surface area (TPSA) is 49.4 Å². The molecule has 0 saturated carbocycles. The zero-order chi connectivity index (χ0) is 18.5. The van der Waals surface area contributed by atoms with E-state index in [1.165, 1.54) is 12.1 Å². The van der Waals surface area contributed by atoms with Crippen LogP contribution in [0.15, 0.2) is 48.5 Å². The molecule has 0 aliphatic carbocycles. The molecule has 1 aliphatic rings. The second-order valence-electron chi connectivity index (χ2n) is 6.71. The van der Waals surface area contributed by atoms with Gasteiger partial charge in [-0.25, -0.2) is 4.39 Å². The highest BCUT2D eigenvalue weighted by Gasteiger charge is 2.29. The number of rotatable bonds is 4. The summed E-state index contributed by atoms with van der Waals surface area (Å²) in [6, 6.07) is 13.9. The summed E-state index contributed by atoms with van der Waals surface area (Å²) < 4.78 is 13.9. The van der Waals surface area contributed by atoms with E-state index in [1.54, 1.807) is 17.0 Å². The van der Waals surface area contributed by atoms with Gasteiger partial charge in [0.05, 0.1) is 11.5 Å². The van der Waals surface area contributed by atoms with Gasteiger partial charge in [0, 0.05) is 19.6 Å². The minimum atomic E-state index is -0.524. The molecule has 5 heteroatoms. The standard InChI is InChI=1S/C21H23FN2O2/c1-15-7-2-3-8-16(15)13-23-20(25)17-9-6-12-24(14-17)21(26)18-10-4-5-11-19(18)22/h2-5,7-8,10-11,17H,6,9,12-14H2,1H3,(H,23,25)/t17-/m1/s1. The maximum atomic E-state index is 13.9. The van der Waals surface area contributed by atoms with Gasteiger partial charge < -0.3 is 10.2 Å². The molecule has 1 aliphatic heterocycles. The molecule has 1 atom stereocenters. The van der Waals surface area contributed by atoms with E-state index in [0.29, 0.717) is 19.6 Å². The highest BCUT2D eigenvalue weighted by molar-refractivity contribution is 5.95. The van der Waals surface area contributed by atoms with Crippen LogP contribution in [0.4, 0.5) is 4.39 Å². The molecule has 1 saturated heterocycles. The van der Waals surface area contributed by atoms with Crippen LogP contribution in [0.5, 0.6) is 0 Å². The summed E-state index contributed by atoms with van der Waals surface area (Å²) in [5.41, 5.74) is 2.28. The van der Waals surface area contributed by atoms with Gasteiger partial charge in [0.15, 0.2) is 0 Å². The number of nitrogens with zero attached hydrogens (tertiary/aromatic N) is 1. The van der Waals surface area contributed by atoms with E-state index < -0.39 is 5.82 Å². The average Bonchev–Trinajstić information content (AvgIpc) is 2.67. The lowest BCUT2D eigenvalue weighted by atomic mass is 9.96. The van der Waals surface area contributed by atoms with Gasteiger partial charge in [-0.3, -0.25) is 9.59 Å². The first-order chi connectivity index (χ1) is 12.6. The third-order valence-corrected chi connectivity index (χ3v) is 4.90. The zero-order valence-electron chi connectivity index (χ0n) is 14.9. The van der Waals surface area contributed by atoms with Crippen molar-refractivity contribution in [2.45, 2.75) is 26.3 Å². The molecule has 0 unspecified atom stereocenters. The van der Waals surface area contributed by atoms with Crippen molar-refractivity contribution in [1.29, 1.82) is 0 Å². The fourth-order valence-corrected chi connectivity index (χ4v) is 3.32. The van der Waals surface area contributed by atoms with Crippen LogP contribution in [0.2, 0.25) is 0 Å². The summed E-state index contributed by atoms with van der Waals surface area (Å²) >= 11 is 0. The SMILES string of the molecule is Cc1ccccc1CNC(=O)[C@@H]1CCCN(C(=O)c2ccccc2F)C1. The van der Waals surface area contributed by atoms with Gasteiger partial charge in [-0.05, 0) is 43.0 Å². The number of hydrogen-bond donors (Lipinski definition) is 1. The highest BCUT2D eigenvalue weighted by atomic mass is 19.1. The molecule has 2 aromatic rings. The van der Waals surface area contributed by atoms with Crippen LogP contribution in [-0.2, 0) is 11.3 Å². The Balaban J connectivity index is 1.61. The van der Waals surface area contributed by atoms with E-state index in [-0.39, 0.29) is 23.3 Å². The number of amides is 2. The van der Waals surface area contributed by atoms with Crippen molar-refractivity contribution in [1.82, 2.24) is 10.2 Å². The van der Waals surface area contributed by atoms with Crippen LogP contribution < -0.4 is 5.32 Å². The summed E-state index contributed by atoms with van der Waals surface area (Å²) in [6.45, 7) is 3.36. The van der Waals surface area contributed by atoms with Crippen LogP contribution in [0.1, 0.15) is 34.3 Å². The van der Waals surface area contributed by atoms with Gasteiger partial charge in [0.2, 0.25) is 5.91 Å². The Kier molecular flexibility index (Phi) is 5.66. The van der Waals surface area contributed by atoms with Crippen molar-refractivity contribution < 1.29 is 14.0 Å². The Hall–Kier alpha value is -2.69. The molecule has 0 bridgehead atoms. The quantitative estimate of drug-likeness (QED) is 0.916. The predicted octanol–water partition coefficient (Wildman–Crippen LogP) is 3.30. The fraction of sp³-hybridized carbons (Fsp3) is 0.333. The smallest absolute Gasteiger partial charge is 0.256 e. The lowest BCUT2D eigenvalue weighted by Gasteiger charge is -2.32. The van der Waals surface area contributed by atoms with E-state index in [9.17, 15) is 14.0 Å². The van der Waals surface area contributed by atoms with Crippen LogP contribution in [0.3, 0.4) is 0 Å². The lowest BCUT2D eigenvalue weighted by Crippen LogP contribution is -2.45. The summed E-state index contributed by atoms with van der Waals surface area (Å²) in [7, 11) is 0. The molecule has 26 heavy (non-hydrogen) atoms. The van der Waals surface area contributed by atoms with Crippen molar-refractivity contribution in [3.05, 3.63) is 71.0 Å². The van der Waals surface area contributed by atoms with Crippen LogP contribution >= 0.6 is 0 Å². The number of likely N-dealkylation sites (tertiary alicyclic amines) is 1. The molecule has 0 aromatic heterocycles. The Labute approximate surface area is 153 Å². The van der Waals surface area contributed by atoms with E-state index >= 15 is 0 Å². The molecule has 1 fully saturated rings. The Morgan fingerprint density at radius 2 is 1.88 bits per heavy atom. The number of carbonyl (C=O) groups is 2. The Morgan fingerprint density at radius 3 is 2.65 bits per heavy atom. The third kappa shape index (κ3) is 4.10. The second kappa shape index (κ2) is 8.13. The molecule has 1 heterocycles. The number of piperidine rings is 1. The fourth-order valence-electron chi connectivity index (χ4n) is 3.32. The largest absolute Gasteiger partial charge is 0.352 e. The average molecular weight is 354 g/mol. The van der Waals surface area contributed by atoms with Crippen LogP contribution in [-0.4, -0.2) is 29.8 Å². The van der Waals surface area contributed by atoms with Gasteiger partial charge in [0.25, 0.3) is 5.91 Å². The molecule has 2 aromatic carbocycles. The zero-order valence-corrected chi connectivity index (χ0v) is 14.9. The van der Waals surface area contributed by atoms with Gasteiger partial charge in [0.1, 0.15) is 5.82 Å². The van der Waals surface area contributed by atoms with Crippen molar-refractivity contribution in [2.24, 2.45) is 5.92 Å². The molecule has 0 radical (unpaired) electrons. The number of aryl methyl sites for hydroxylation is 1. The molecule has 136 valence electrons. The normalized spacial score (nSPS) is 17.0. The number of benzene rings is 2. The molecular formula is C21H23FN2O2. The van der Waals surface area contributed by atoms with E-state index in [0.717, 1.165) is 24.0 Å². The van der Waals surface area contributed by atoms with Crippen molar-refractivity contribution in [3.63, 3.8) is 0 Å². The Bertz CT molecular complexity index is 806. The number of carbonyl (C=O) groups excluding carboxylic acids is 2. The summed E-state index contributed by atoms with van der Waals surface area (Å²) in [6.07, 6.45) is 1.48. The van der Waals surface area contributed by atoms with Crippen molar-refractivity contribution in [3.8, 4) is 0 Å². The number of hydrogen-bond acceptors (Lipinski definition) is 2. The van der Waals surface area contributed by atoms with E-state index in [2.05, 4.69) is 5.32 Å². The molecule has 3 rings (SSSR count). The molecule has 1 N–H and O–H groups in total. The Morgan fingerprint density at radius 1 is 1.15 bits per heavy atom. The molecular weight excluding hydrogens is 331 g/mol. The monoisotopic (exact) mass is 354 g/mol. The van der Waals surface area contributed by atoms with Crippen molar-refractivity contribution in [2.75, 3.05) is 13.1 Å². The molecule has 0 spiro atoms. The van der Waals surface area contributed by atoms with Crippen LogP contribution in [0.25, 0.3) is 0 Å². The van der Waals surface area contributed by atoms with E-state index in [4.69, 9.17) is 0 Å². The maximum Gasteiger partial charge on any atom is 0.256 e. The summed E-state index contributed by atoms with van der Waals surface area (Å²) in [5, 5.41) is 2.97. The van der Waals surface area contributed by atoms with Gasteiger partial charge in [-0.15, -0.1) is 0 Å². The minimum absolute atomic E-state index is 0.0562. The predicted molar refractivity (Wildman–Crippen MR) is 98.1 cm³/mol. The summed E-state index contributed by atoms with van der Waals surface area (Å²) in [5.74, 6) is -1.19. The van der Waals surface area contributed by atoms with Gasteiger partial charge in [-0.2, -0.15) is 0 Å². The first-order valence-corrected chi connectivity index (χ1v) is 8.92. The van der Waals surface area contributed by atoms with Gasteiger partial charge in [-0.1, -0.05) is 36.4 Å². The van der Waals surface area contributed by atoms with Crippen molar-refractivity contribution >= 4 is 11.8 Å². The van der Waals surface area contributed by atoms with Crippen LogP contribution in [0, 0.1) is 18.7 Å². The molecule has 4 nitrogen and oxygen atoms in total. The van der Waals surface area contributed by atoms with Gasteiger partial charge >= 0.3 is 0 Å². The van der Waals surface area contributed by atoms with E-state index in [1.807, 2.05) is 31.2 Å². The number of nitrogens with one attached hydrogen (secondary N) is 1. The minimum Gasteiger partial charge on any atom is -0.352 e. The first-order valence-electron chi connectivity index (χ1n) is 8.92. The second-order valence-corrected chi connectivity index (χ2v) is 6.71. The third-order valence-electron chi connectivity index (χ3n) is 4.90. The highest BCUT2D eigenvalue weighted by Crippen LogP contribution is 2.20. The lowest BCUT2D eigenvalue weighted by molar-refractivity contribution is -0.126.